The SMILES string of the molecule is CC(C)N(C)Cc1nnnn1CC(=O)N1CCCC[C@@H]1c1cccnc1. The summed E-state index contributed by atoms with van der Waals surface area (Å²) in [7, 11) is 2.02. The molecular weight excluding hydrogens is 330 g/mol. The highest BCUT2D eigenvalue weighted by Gasteiger charge is 2.29. The predicted molar refractivity (Wildman–Crippen MR) is 97.0 cm³/mol. The molecule has 2 aromatic rings. The summed E-state index contributed by atoms with van der Waals surface area (Å²) in [6, 6.07) is 4.44. The molecule has 0 bridgehead atoms. The number of carbonyl (C=O) groups is 1. The van der Waals surface area contributed by atoms with Crippen LogP contribution in [0, 0.1) is 0 Å². The minimum absolute atomic E-state index is 0.0549. The van der Waals surface area contributed by atoms with Crippen molar-refractivity contribution in [2.45, 2.75) is 58.3 Å². The first-order valence-electron chi connectivity index (χ1n) is 9.21. The number of tetrazole rings is 1. The maximum Gasteiger partial charge on any atom is 0.244 e. The van der Waals surface area contributed by atoms with Crippen molar-refractivity contribution in [1.82, 2.24) is 35.0 Å². The lowest BCUT2D eigenvalue weighted by atomic mass is 9.96. The van der Waals surface area contributed by atoms with Crippen LogP contribution < -0.4 is 0 Å². The van der Waals surface area contributed by atoms with E-state index in [9.17, 15) is 4.79 Å². The quantitative estimate of drug-likeness (QED) is 0.782. The van der Waals surface area contributed by atoms with Gasteiger partial charge in [-0.15, -0.1) is 5.10 Å². The molecule has 2 aromatic heterocycles. The van der Waals surface area contributed by atoms with Gasteiger partial charge in [0, 0.05) is 25.0 Å². The van der Waals surface area contributed by atoms with E-state index >= 15 is 0 Å². The molecule has 1 fully saturated rings. The third kappa shape index (κ3) is 4.24. The molecule has 3 heterocycles. The monoisotopic (exact) mass is 357 g/mol. The van der Waals surface area contributed by atoms with Crippen LogP contribution in [0.1, 0.15) is 50.5 Å². The molecule has 0 N–H and O–H groups in total. The van der Waals surface area contributed by atoms with Gasteiger partial charge >= 0.3 is 0 Å². The number of aromatic nitrogens is 5. The minimum atomic E-state index is 0.0549. The van der Waals surface area contributed by atoms with Crippen LogP contribution in [0.15, 0.2) is 24.5 Å². The van der Waals surface area contributed by atoms with E-state index in [1.807, 2.05) is 30.3 Å². The molecule has 8 nitrogen and oxygen atoms in total. The molecule has 0 radical (unpaired) electrons. The zero-order valence-corrected chi connectivity index (χ0v) is 15.7. The molecule has 8 heteroatoms. The van der Waals surface area contributed by atoms with E-state index in [-0.39, 0.29) is 18.5 Å². The summed E-state index contributed by atoms with van der Waals surface area (Å²) in [6.45, 7) is 5.79. The van der Waals surface area contributed by atoms with Gasteiger partial charge in [0.1, 0.15) is 6.54 Å². The Kier molecular flexibility index (Phi) is 5.92. The van der Waals surface area contributed by atoms with E-state index in [1.165, 1.54) is 0 Å². The number of hydrogen-bond donors (Lipinski definition) is 0. The standard InChI is InChI=1S/C18H27N7O/c1-14(2)23(3)12-17-20-21-22-25(17)13-18(26)24-10-5-4-8-16(24)15-7-6-9-19-11-15/h6-7,9,11,14,16H,4-5,8,10,12-13H2,1-3H3/t16-/m1/s1. The number of piperidine rings is 1. The van der Waals surface area contributed by atoms with Crippen molar-refractivity contribution in [3.63, 3.8) is 0 Å². The summed E-state index contributed by atoms with van der Waals surface area (Å²) in [4.78, 5) is 21.3. The van der Waals surface area contributed by atoms with E-state index in [0.717, 1.165) is 31.4 Å². The van der Waals surface area contributed by atoms with Gasteiger partial charge in [0.15, 0.2) is 5.82 Å². The molecule has 1 aliphatic rings. The van der Waals surface area contributed by atoms with Gasteiger partial charge < -0.3 is 4.90 Å². The van der Waals surface area contributed by atoms with Crippen molar-refractivity contribution in [1.29, 1.82) is 0 Å². The molecule has 1 aliphatic heterocycles. The van der Waals surface area contributed by atoms with Crippen LogP contribution in [0.2, 0.25) is 0 Å². The Hall–Kier alpha value is -2.35. The number of likely N-dealkylation sites (tertiary alicyclic amines) is 1. The molecule has 0 aromatic carbocycles. The van der Waals surface area contributed by atoms with Gasteiger partial charge in [0.25, 0.3) is 0 Å². The zero-order valence-electron chi connectivity index (χ0n) is 15.7. The van der Waals surface area contributed by atoms with Crippen molar-refractivity contribution in [3.05, 3.63) is 35.9 Å². The molecule has 1 amide bonds. The third-order valence-corrected chi connectivity index (χ3v) is 5.06. The average molecular weight is 357 g/mol. The van der Waals surface area contributed by atoms with Gasteiger partial charge in [0.2, 0.25) is 5.91 Å². The Labute approximate surface area is 154 Å². The number of carbonyl (C=O) groups excluding carboxylic acids is 1. The summed E-state index contributed by atoms with van der Waals surface area (Å²) in [5.74, 6) is 0.767. The lowest BCUT2D eigenvalue weighted by Gasteiger charge is -2.36. The fraction of sp³-hybridized carbons (Fsp3) is 0.611. The molecule has 140 valence electrons. The number of amides is 1. The number of nitrogens with zero attached hydrogens (tertiary/aromatic N) is 7. The Balaban J connectivity index is 1.72. The van der Waals surface area contributed by atoms with Crippen molar-refractivity contribution in [3.8, 4) is 0 Å². The topological polar surface area (TPSA) is 80.0 Å². The molecule has 26 heavy (non-hydrogen) atoms. The van der Waals surface area contributed by atoms with Crippen molar-refractivity contribution >= 4 is 5.91 Å². The second-order valence-corrected chi connectivity index (χ2v) is 7.15. The van der Waals surface area contributed by atoms with Crippen molar-refractivity contribution in [2.75, 3.05) is 13.6 Å². The highest BCUT2D eigenvalue weighted by atomic mass is 16.2. The second kappa shape index (κ2) is 8.35. The molecule has 0 spiro atoms. The van der Waals surface area contributed by atoms with Crippen LogP contribution in [0.4, 0.5) is 0 Å². The summed E-state index contributed by atoms with van der Waals surface area (Å²) in [5, 5.41) is 11.9. The first-order chi connectivity index (χ1) is 12.6. The molecule has 1 saturated heterocycles. The van der Waals surface area contributed by atoms with Gasteiger partial charge in [-0.2, -0.15) is 0 Å². The number of rotatable bonds is 6. The van der Waals surface area contributed by atoms with E-state index < -0.39 is 0 Å². The van der Waals surface area contributed by atoms with E-state index in [4.69, 9.17) is 0 Å². The largest absolute Gasteiger partial charge is 0.334 e. The summed E-state index contributed by atoms with van der Waals surface area (Å²) in [6.07, 6.45) is 6.74. The summed E-state index contributed by atoms with van der Waals surface area (Å²) >= 11 is 0. The molecule has 0 aliphatic carbocycles. The Morgan fingerprint density at radius 3 is 2.96 bits per heavy atom. The van der Waals surface area contributed by atoms with Crippen LogP contribution in [0.5, 0.6) is 0 Å². The lowest BCUT2D eigenvalue weighted by molar-refractivity contribution is -0.136. The maximum atomic E-state index is 13.0. The smallest absolute Gasteiger partial charge is 0.244 e. The Morgan fingerprint density at radius 1 is 1.38 bits per heavy atom. The molecular formula is C18H27N7O. The van der Waals surface area contributed by atoms with Crippen LogP contribution in [-0.2, 0) is 17.9 Å². The minimum Gasteiger partial charge on any atom is -0.334 e. The second-order valence-electron chi connectivity index (χ2n) is 7.15. The number of hydrogen-bond acceptors (Lipinski definition) is 6. The van der Waals surface area contributed by atoms with E-state index in [2.05, 4.69) is 39.3 Å². The Morgan fingerprint density at radius 2 is 2.23 bits per heavy atom. The Bertz CT molecular complexity index is 715. The van der Waals surface area contributed by atoms with Crippen molar-refractivity contribution < 1.29 is 4.79 Å². The lowest BCUT2D eigenvalue weighted by Crippen LogP contribution is -2.41. The highest BCUT2D eigenvalue weighted by molar-refractivity contribution is 5.76. The summed E-state index contributed by atoms with van der Waals surface area (Å²) in [5.41, 5.74) is 1.09. The molecule has 1 atom stereocenters. The van der Waals surface area contributed by atoms with Gasteiger partial charge in [-0.25, -0.2) is 4.68 Å². The van der Waals surface area contributed by atoms with Gasteiger partial charge in [-0.05, 0) is 62.2 Å². The van der Waals surface area contributed by atoms with Crippen LogP contribution in [0.25, 0.3) is 0 Å². The van der Waals surface area contributed by atoms with Crippen LogP contribution >= 0.6 is 0 Å². The normalized spacial score (nSPS) is 17.9. The predicted octanol–water partition coefficient (Wildman–Crippen LogP) is 1.66. The third-order valence-electron chi connectivity index (χ3n) is 5.06. The van der Waals surface area contributed by atoms with Gasteiger partial charge in [-0.3, -0.25) is 14.7 Å². The van der Waals surface area contributed by atoms with Gasteiger partial charge in [0.05, 0.1) is 12.6 Å². The molecule has 0 saturated carbocycles. The first-order valence-corrected chi connectivity index (χ1v) is 9.21. The average Bonchev–Trinajstić information content (AvgIpc) is 3.09. The fourth-order valence-electron chi connectivity index (χ4n) is 3.23. The zero-order chi connectivity index (χ0) is 18.5. The van der Waals surface area contributed by atoms with E-state index in [1.54, 1.807) is 10.9 Å². The van der Waals surface area contributed by atoms with Crippen molar-refractivity contribution in [2.24, 2.45) is 0 Å². The molecule has 3 rings (SSSR count). The van der Waals surface area contributed by atoms with Gasteiger partial charge in [-0.1, -0.05) is 6.07 Å². The summed E-state index contributed by atoms with van der Waals surface area (Å²) < 4.78 is 1.62. The van der Waals surface area contributed by atoms with Crippen LogP contribution in [0.3, 0.4) is 0 Å². The number of pyridine rings is 1. The van der Waals surface area contributed by atoms with E-state index in [0.29, 0.717) is 18.4 Å². The highest BCUT2D eigenvalue weighted by Crippen LogP contribution is 2.30. The first kappa shape index (κ1) is 18.4. The maximum absolute atomic E-state index is 13.0. The van der Waals surface area contributed by atoms with Crippen LogP contribution in [-0.4, -0.2) is 60.5 Å². The fourth-order valence-corrected chi connectivity index (χ4v) is 3.23. The molecule has 0 unspecified atom stereocenters.